The summed E-state index contributed by atoms with van der Waals surface area (Å²) in [6, 6.07) is 12.9. The Balaban J connectivity index is 1.37. The maximum absolute atomic E-state index is 12.2. The SMILES string of the molecule is O=C(CSc1ncc(-c2ccccc2)n1CC1CCCO1)NC(=O)NCc1ccco1. The summed E-state index contributed by atoms with van der Waals surface area (Å²) in [5.41, 5.74) is 2.04. The van der Waals surface area contributed by atoms with Crippen LogP contribution >= 0.6 is 11.8 Å². The van der Waals surface area contributed by atoms with E-state index >= 15 is 0 Å². The Morgan fingerprint density at radius 3 is 2.81 bits per heavy atom. The number of benzene rings is 1. The van der Waals surface area contributed by atoms with Crippen LogP contribution in [0.25, 0.3) is 11.3 Å². The first-order valence-corrected chi connectivity index (χ1v) is 11.1. The van der Waals surface area contributed by atoms with Gasteiger partial charge in [0.1, 0.15) is 5.76 Å². The van der Waals surface area contributed by atoms with Gasteiger partial charge in [0.2, 0.25) is 5.91 Å². The zero-order valence-electron chi connectivity index (χ0n) is 17.0. The predicted molar refractivity (Wildman–Crippen MR) is 116 cm³/mol. The van der Waals surface area contributed by atoms with Gasteiger partial charge in [-0.3, -0.25) is 10.1 Å². The molecule has 2 N–H and O–H groups in total. The zero-order chi connectivity index (χ0) is 21.5. The Bertz CT molecular complexity index is 998. The highest BCUT2D eigenvalue weighted by molar-refractivity contribution is 7.99. The standard InChI is InChI=1S/C22H24N4O4S/c27-20(25-21(28)23-12-17-8-4-10-29-17)15-31-22-24-13-19(16-6-2-1-3-7-16)26(22)14-18-9-5-11-30-18/h1-4,6-8,10,13,18H,5,9,11-12,14-15H2,(H2,23,25,27,28). The molecule has 2 aromatic heterocycles. The van der Waals surface area contributed by atoms with Gasteiger partial charge in [-0.25, -0.2) is 9.78 Å². The van der Waals surface area contributed by atoms with Crippen molar-refractivity contribution in [2.24, 2.45) is 0 Å². The monoisotopic (exact) mass is 440 g/mol. The van der Waals surface area contributed by atoms with Gasteiger partial charge in [0.05, 0.1) is 43.1 Å². The Morgan fingerprint density at radius 2 is 2.06 bits per heavy atom. The Kier molecular flexibility index (Phi) is 7.06. The van der Waals surface area contributed by atoms with Gasteiger partial charge in [0, 0.05) is 6.61 Å². The molecule has 4 rings (SSSR count). The van der Waals surface area contributed by atoms with E-state index in [1.165, 1.54) is 18.0 Å². The van der Waals surface area contributed by atoms with E-state index in [-0.39, 0.29) is 18.4 Å². The third-order valence-corrected chi connectivity index (χ3v) is 5.88. The van der Waals surface area contributed by atoms with Crippen molar-refractivity contribution < 1.29 is 18.7 Å². The van der Waals surface area contributed by atoms with Gasteiger partial charge in [-0.1, -0.05) is 42.1 Å². The summed E-state index contributed by atoms with van der Waals surface area (Å²) in [5, 5.41) is 5.64. The van der Waals surface area contributed by atoms with Crippen LogP contribution < -0.4 is 10.6 Å². The number of carbonyl (C=O) groups is 2. The lowest BCUT2D eigenvalue weighted by atomic mass is 10.1. The molecule has 0 spiro atoms. The van der Waals surface area contributed by atoms with Crippen LogP contribution in [0.2, 0.25) is 0 Å². The maximum Gasteiger partial charge on any atom is 0.321 e. The highest BCUT2D eigenvalue weighted by Crippen LogP contribution is 2.28. The molecular weight excluding hydrogens is 416 g/mol. The van der Waals surface area contributed by atoms with Crippen molar-refractivity contribution >= 4 is 23.7 Å². The average Bonchev–Trinajstić information content (AvgIpc) is 3.55. The molecule has 8 nitrogen and oxygen atoms in total. The number of thioether (sulfide) groups is 1. The van der Waals surface area contributed by atoms with Crippen molar-refractivity contribution in [1.82, 2.24) is 20.2 Å². The van der Waals surface area contributed by atoms with Crippen molar-refractivity contribution in [2.75, 3.05) is 12.4 Å². The summed E-state index contributed by atoms with van der Waals surface area (Å²) in [7, 11) is 0. The average molecular weight is 441 g/mol. The van der Waals surface area contributed by atoms with Crippen LogP contribution in [0.3, 0.4) is 0 Å². The van der Waals surface area contributed by atoms with Crippen LogP contribution in [0.1, 0.15) is 18.6 Å². The van der Waals surface area contributed by atoms with E-state index in [1.807, 2.05) is 36.5 Å². The normalized spacial score (nSPS) is 15.7. The van der Waals surface area contributed by atoms with E-state index in [2.05, 4.69) is 20.2 Å². The van der Waals surface area contributed by atoms with Crippen LogP contribution in [0.4, 0.5) is 4.79 Å². The zero-order valence-corrected chi connectivity index (χ0v) is 17.8. The van der Waals surface area contributed by atoms with E-state index < -0.39 is 11.9 Å². The van der Waals surface area contributed by atoms with Gasteiger partial charge in [0.15, 0.2) is 5.16 Å². The van der Waals surface area contributed by atoms with Gasteiger partial charge in [-0.05, 0) is 30.5 Å². The first kappa shape index (κ1) is 21.2. The van der Waals surface area contributed by atoms with Gasteiger partial charge < -0.3 is 19.0 Å². The third kappa shape index (κ3) is 5.77. The van der Waals surface area contributed by atoms with E-state index in [1.54, 1.807) is 12.1 Å². The summed E-state index contributed by atoms with van der Waals surface area (Å²) in [4.78, 5) is 28.7. The number of amides is 3. The number of carbonyl (C=O) groups excluding carboxylic acids is 2. The fourth-order valence-corrected chi connectivity index (χ4v) is 4.19. The second kappa shape index (κ2) is 10.3. The van der Waals surface area contributed by atoms with Gasteiger partial charge in [-0.15, -0.1) is 0 Å². The van der Waals surface area contributed by atoms with Gasteiger partial charge in [0.25, 0.3) is 0 Å². The Labute approximate surface area is 184 Å². The van der Waals surface area contributed by atoms with Crippen molar-refractivity contribution in [1.29, 1.82) is 0 Å². The Hall–Kier alpha value is -3.04. The number of aromatic nitrogens is 2. The first-order chi connectivity index (χ1) is 15.2. The van der Waals surface area contributed by atoms with Crippen LogP contribution in [0, 0.1) is 0 Å². The first-order valence-electron chi connectivity index (χ1n) is 10.1. The molecule has 0 saturated carbocycles. The number of imidazole rings is 1. The number of nitrogens with zero attached hydrogens (tertiary/aromatic N) is 2. The molecule has 1 atom stereocenters. The molecule has 3 heterocycles. The maximum atomic E-state index is 12.2. The van der Waals surface area contributed by atoms with E-state index in [0.717, 1.165) is 35.9 Å². The number of nitrogens with one attached hydrogen (secondary N) is 2. The van der Waals surface area contributed by atoms with E-state index in [0.29, 0.717) is 12.3 Å². The summed E-state index contributed by atoms with van der Waals surface area (Å²) in [6.45, 7) is 1.67. The summed E-state index contributed by atoms with van der Waals surface area (Å²) in [5.74, 6) is 0.293. The highest BCUT2D eigenvalue weighted by atomic mass is 32.2. The molecule has 1 saturated heterocycles. The molecule has 3 amide bonds. The quantitative estimate of drug-likeness (QED) is 0.521. The lowest BCUT2D eigenvalue weighted by Crippen LogP contribution is -2.39. The molecule has 0 aliphatic carbocycles. The summed E-state index contributed by atoms with van der Waals surface area (Å²) in [6.07, 6.45) is 5.54. The molecule has 1 aliphatic rings. The molecule has 1 fully saturated rings. The molecular formula is C22H24N4O4S. The van der Waals surface area contributed by atoms with Crippen molar-refractivity contribution in [2.45, 2.75) is 37.2 Å². The minimum atomic E-state index is -0.560. The third-order valence-electron chi connectivity index (χ3n) is 4.89. The lowest BCUT2D eigenvalue weighted by molar-refractivity contribution is -0.117. The topological polar surface area (TPSA) is 98.4 Å². The summed E-state index contributed by atoms with van der Waals surface area (Å²) >= 11 is 1.30. The second-order valence-electron chi connectivity index (χ2n) is 7.14. The predicted octanol–water partition coefficient (Wildman–Crippen LogP) is 3.44. The molecule has 1 aromatic carbocycles. The molecule has 1 aliphatic heterocycles. The number of ether oxygens (including phenoxy) is 1. The van der Waals surface area contributed by atoms with Gasteiger partial charge in [-0.2, -0.15) is 0 Å². The fraction of sp³-hybridized carbons (Fsp3) is 0.318. The fourth-order valence-electron chi connectivity index (χ4n) is 3.40. The van der Waals surface area contributed by atoms with Crippen molar-refractivity contribution in [3.63, 3.8) is 0 Å². The number of hydrogen-bond acceptors (Lipinski definition) is 6. The summed E-state index contributed by atoms with van der Waals surface area (Å²) < 4.78 is 13.1. The number of imide groups is 1. The number of furan rings is 1. The molecule has 0 radical (unpaired) electrons. The van der Waals surface area contributed by atoms with E-state index in [9.17, 15) is 9.59 Å². The minimum absolute atomic E-state index is 0.0743. The van der Waals surface area contributed by atoms with Gasteiger partial charge >= 0.3 is 6.03 Å². The largest absolute Gasteiger partial charge is 0.467 e. The minimum Gasteiger partial charge on any atom is -0.467 e. The smallest absolute Gasteiger partial charge is 0.321 e. The molecule has 0 bridgehead atoms. The molecule has 9 heteroatoms. The van der Waals surface area contributed by atoms with Crippen LogP contribution in [0.5, 0.6) is 0 Å². The lowest BCUT2D eigenvalue weighted by Gasteiger charge is -2.16. The van der Waals surface area contributed by atoms with E-state index in [4.69, 9.17) is 9.15 Å². The molecule has 31 heavy (non-hydrogen) atoms. The number of rotatable bonds is 8. The molecule has 1 unspecified atom stereocenters. The number of urea groups is 1. The van der Waals surface area contributed by atoms with Crippen molar-refractivity contribution in [3.8, 4) is 11.3 Å². The Morgan fingerprint density at radius 1 is 1.19 bits per heavy atom. The second-order valence-corrected chi connectivity index (χ2v) is 8.08. The highest BCUT2D eigenvalue weighted by Gasteiger charge is 2.21. The van der Waals surface area contributed by atoms with Crippen LogP contribution in [0.15, 0.2) is 64.5 Å². The van der Waals surface area contributed by atoms with Crippen LogP contribution in [-0.4, -0.2) is 40.0 Å². The number of hydrogen-bond donors (Lipinski definition) is 2. The van der Waals surface area contributed by atoms with Crippen molar-refractivity contribution in [3.05, 3.63) is 60.7 Å². The van der Waals surface area contributed by atoms with Crippen LogP contribution in [-0.2, 0) is 22.6 Å². The molecule has 3 aromatic rings. The molecule has 162 valence electrons.